The Morgan fingerprint density at radius 3 is 2.83 bits per heavy atom. The molecule has 6 nitrogen and oxygen atoms in total. The van der Waals surface area contributed by atoms with E-state index in [-0.39, 0.29) is 6.04 Å². The Bertz CT molecular complexity index is 730. The van der Waals surface area contributed by atoms with E-state index < -0.39 is 5.97 Å². The van der Waals surface area contributed by atoms with Gasteiger partial charge in [0, 0.05) is 13.3 Å². The van der Waals surface area contributed by atoms with Crippen LogP contribution in [-0.2, 0) is 9.47 Å². The number of hydrogen-bond donors (Lipinski definition) is 0. The van der Waals surface area contributed by atoms with Gasteiger partial charge in [-0.2, -0.15) is 0 Å². The molecule has 0 amide bonds. The van der Waals surface area contributed by atoms with Gasteiger partial charge in [0.05, 0.1) is 25.4 Å². The van der Waals surface area contributed by atoms with Gasteiger partial charge in [0.2, 0.25) is 0 Å². The predicted octanol–water partition coefficient (Wildman–Crippen LogP) is 2.72. The van der Waals surface area contributed by atoms with Crippen molar-refractivity contribution in [1.29, 1.82) is 0 Å². The fraction of sp³-hybridized carbons (Fsp3) is 0.333. The summed E-state index contributed by atoms with van der Waals surface area (Å²) in [6.45, 7) is 2.87. The fourth-order valence-electron chi connectivity index (χ4n) is 2.82. The number of ether oxygens (including phenoxy) is 3. The molecule has 6 heteroatoms. The van der Waals surface area contributed by atoms with Gasteiger partial charge in [-0.1, -0.05) is 12.1 Å². The van der Waals surface area contributed by atoms with E-state index in [9.17, 15) is 4.79 Å². The number of benzene rings is 1. The van der Waals surface area contributed by atoms with Crippen LogP contribution in [0, 0.1) is 6.92 Å². The van der Waals surface area contributed by atoms with Gasteiger partial charge in [-0.15, -0.1) is 0 Å². The molecule has 1 aliphatic heterocycles. The zero-order valence-corrected chi connectivity index (χ0v) is 14.0. The van der Waals surface area contributed by atoms with Crippen molar-refractivity contribution in [3.63, 3.8) is 0 Å². The van der Waals surface area contributed by atoms with Crippen LogP contribution in [0.25, 0.3) is 0 Å². The molecule has 0 saturated carbocycles. The summed E-state index contributed by atoms with van der Waals surface area (Å²) >= 11 is 0. The summed E-state index contributed by atoms with van der Waals surface area (Å²) in [4.78, 5) is 18.6. The largest absolute Gasteiger partial charge is 0.488 e. The second kappa shape index (κ2) is 6.88. The van der Waals surface area contributed by atoms with Crippen LogP contribution in [0.15, 0.2) is 36.5 Å². The molecule has 0 aliphatic carbocycles. The van der Waals surface area contributed by atoms with E-state index in [1.54, 1.807) is 13.2 Å². The number of methoxy groups -OCH3 is 2. The number of carbonyl (C=O) groups is 1. The van der Waals surface area contributed by atoms with Gasteiger partial charge < -0.3 is 19.1 Å². The van der Waals surface area contributed by atoms with Crippen molar-refractivity contribution in [2.24, 2.45) is 0 Å². The summed E-state index contributed by atoms with van der Waals surface area (Å²) in [6.07, 6.45) is 1.82. The van der Waals surface area contributed by atoms with E-state index >= 15 is 0 Å². The second-order valence-corrected chi connectivity index (χ2v) is 5.63. The molecule has 2 aromatic rings. The molecule has 1 aliphatic rings. The second-order valence-electron chi connectivity index (χ2n) is 5.63. The molecule has 0 radical (unpaired) electrons. The van der Waals surface area contributed by atoms with E-state index in [0.717, 1.165) is 17.1 Å². The summed E-state index contributed by atoms with van der Waals surface area (Å²) in [6, 6.07) is 9.34. The molecule has 0 bridgehead atoms. The first-order valence-corrected chi connectivity index (χ1v) is 7.70. The number of aromatic nitrogens is 1. The van der Waals surface area contributed by atoms with Crippen molar-refractivity contribution in [2.45, 2.75) is 13.0 Å². The van der Waals surface area contributed by atoms with Crippen LogP contribution in [-0.4, -0.2) is 44.4 Å². The van der Waals surface area contributed by atoms with Crippen molar-refractivity contribution in [2.75, 3.05) is 32.3 Å². The standard InChI is InChI=1S/C18H20N2O4/c1-12-7-8-16(19-9-12)20-13(10-22-2)11-24-17-14(18(21)23-3)5-4-6-15(17)20/h4-9,13H,10-11H2,1-3H3/t13-/m0/s1. The van der Waals surface area contributed by atoms with E-state index in [1.165, 1.54) is 7.11 Å². The molecule has 0 fully saturated rings. The molecule has 0 unspecified atom stereocenters. The van der Waals surface area contributed by atoms with Crippen molar-refractivity contribution in [3.05, 3.63) is 47.7 Å². The van der Waals surface area contributed by atoms with Crippen LogP contribution >= 0.6 is 0 Å². The van der Waals surface area contributed by atoms with Crippen LogP contribution in [0.2, 0.25) is 0 Å². The normalized spacial score (nSPS) is 16.3. The zero-order chi connectivity index (χ0) is 17.1. The lowest BCUT2D eigenvalue weighted by Crippen LogP contribution is -2.43. The first-order valence-electron chi connectivity index (χ1n) is 7.70. The SMILES string of the molecule is COC[C@H]1COc2c(C(=O)OC)cccc2N1c1ccc(C)cn1. The average molecular weight is 328 g/mol. The smallest absolute Gasteiger partial charge is 0.341 e. The van der Waals surface area contributed by atoms with Gasteiger partial charge in [-0.25, -0.2) is 9.78 Å². The lowest BCUT2D eigenvalue weighted by Gasteiger charge is -2.38. The molecule has 2 heterocycles. The summed E-state index contributed by atoms with van der Waals surface area (Å²) in [5.74, 6) is 0.877. The maximum Gasteiger partial charge on any atom is 0.341 e. The Balaban J connectivity index is 2.10. The average Bonchev–Trinajstić information content (AvgIpc) is 2.61. The maximum atomic E-state index is 12.0. The van der Waals surface area contributed by atoms with E-state index in [4.69, 9.17) is 14.2 Å². The Hall–Kier alpha value is -2.60. The minimum absolute atomic E-state index is 0.0365. The highest BCUT2D eigenvalue weighted by molar-refractivity contribution is 5.95. The quantitative estimate of drug-likeness (QED) is 0.804. The third kappa shape index (κ3) is 2.92. The highest BCUT2D eigenvalue weighted by Crippen LogP contribution is 2.40. The number of rotatable bonds is 4. The molecule has 1 atom stereocenters. The van der Waals surface area contributed by atoms with Gasteiger partial charge >= 0.3 is 5.97 Å². The van der Waals surface area contributed by atoms with Crippen LogP contribution in [0.4, 0.5) is 11.5 Å². The fourth-order valence-corrected chi connectivity index (χ4v) is 2.82. The number of fused-ring (bicyclic) bond motifs is 1. The monoisotopic (exact) mass is 328 g/mol. The minimum Gasteiger partial charge on any atom is -0.488 e. The van der Waals surface area contributed by atoms with Crippen LogP contribution in [0.3, 0.4) is 0 Å². The molecule has 126 valence electrons. The van der Waals surface area contributed by atoms with Gasteiger partial charge in [0.25, 0.3) is 0 Å². The summed E-state index contributed by atoms with van der Waals surface area (Å²) in [5, 5.41) is 0. The minimum atomic E-state index is -0.422. The topological polar surface area (TPSA) is 60.9 Å². The van der Waals surface area contributed by atoms with Crippen molar-refractivity contribution >= 4 is 17.5 Å². The summed E-state index contributed by atoms with van der Waals surface area (Å²) < 4.78 is 16.1. The third-order valence-corrected chi connectivity index (χ3v) is 3.95. The molecule has 0 saturated heterocycles. The number of nitrogens with zero attached hydrogens (tertiary/aromatic N) is 2. The number of carbonyl (C=O) groups excluding carboxylic acids is 1. The van der Waals surface area contributed by atoms with Gasteiger partial charge in [0.15, 0.2) is 5.75 Å². The van der Waals surface area contributed by atoms with E-state index in [0.29, 0.717) is 24.5 Å². The maximum absolute atomic E-state index is 12.0. The van der Waals surface area contributed by atoms with Gasteiger partial charge in [-0.3, -0.25) is 0 Å². The van der Waals surface area contributed by atoms with Crippen LogP contribution < -0.4 is 9.64 Å². The number of anilines is 2. The molecule has 3 rings (SSSR count). The first kappa shape index (κ1) is 16.3. The van der Waals surface area contributed by atoms with Crippen molar-refractivity contribution in [1.82, 2.24) is 4.98 Å². The number of aryl methyl sites for hydroxylation is 1. The van der Waals surface area contributed by atoms with Crippen molar-refractivity contribution < 1.29 is 19.0 Å². The molecule has 0 spiro atoms. The number of esters is 1. The highest BCUT2D eigenvalue weighted by atomic mass is 16.5. The number of para-hydroxylation sites is 1. The lowest BCUT2D eigenvalue weighted by molar-refractivity contribution is 0.0594. The predicted molar refractivity (Wildman–Crippen MR) is 90.1 cm³/mol. The Kier molecular flexibility index (Phi) is 4.66. The van der Waals surface area contributed by atoms with Crippen LogP contribution in [0.5, 0.6) is 5.75 Å². The molecule has 24 heavy (non-hydrogen) atoms. The Morgan fingerprint density at radius 2 is 2.17 bits per heavy atom. The summed E-state index contributed by atoms with van der Waals surface area (Å²) in [5.41, 5.74) is 2.27. The molecule has 1 aromatic carbocycles. The van der Waals surface area contributed by atoms with E-state index in [2.05, 4.69) is 4.98 Å². The van der Waals surface area contributed by atoms with Gasteiger partial charge in [-0.05, 0) is 30.7 Å². The Labute approximate surface area is 141 Å². The van der Waals surface area contributed by atoms with Gasteiger partial charge in [0.1, 0.15) is 18.0 Å². The lowest BCUT2D eigenvalue weighted by atomic mass is 10.1. The van der Waals surface area contributed by atoms with E-state index in [1.807, 2.05) is 42.3 Å². The third-order valence-electron chi connectivity index (χ3n) is 3.95. The Morgan fingerprint density at radius 1 is 1.33 bits per heavy atom. The molecule has 1 aromatic heterocycles. The number of hydrogen-bond acceptors (Lipinski definition) is 6. The van der Waals surface area contributed by atoms with Crippen molar-refractivity contribution in [3.8, 4) is 5.75 Å². The van der Waals surface area contributed by atoms with Crippen LogP contribution in [0.1, 0.15) is 15.9 Å². The molecule has 0 N–H and O–H groups in total. The zero-order valence-electron chi connectivity index (χ0n) is 14.0. The molecular formula is C18H20N2O4. The first-order chi connectivity index (χ1) is 11.7. The number of pyridine rings is 1. The molecular weight excluding hydrogens is 308 g/mol. The summed E-state index contributed by atoms with van der Waals surface area (Å²) in [7, 11) is 3.01. The highest BCUT2D eigenvalue weighted by Gasteiger charge is 2.32.